The van der Waals surface area contributed by atoms with E-state index < -0.39 is 11.4 Å². The molecule has 0 radical (unpaired) electrons. The van der Waals surface area contributed by atoms with Crippen LogP contribution >= 0.6 is 0 Å². The molecule has 1 amide bonds. The van der Waals surface area contributed by atoms with Crippen LogP contribution in [0.3, 0.4) is 0 Å². The van der Waals surface area contributed by atoms with Gasteiger partial charge in [-0.15, -0.1) is 0 Å². The number of aromatic nitrogens is 2. The van der Waals surface area contributed by atoms with E-state index in [0.29, 0.717) is 30.0 Å². The van der Waals surface area contributed by atoms with Gasteiger partial charge in [-0.2, -0.15) is 0 Å². The van der Waals surface area contributed by atoms with E-state index in [9.17, 15) is 9.59 Å². The van der Waals surface area contributed by atoms with E-state index in [2.05, 4.69) is 15.3 Å². The van der Waals surface area contributed by atoms with Gasteiger partial charge in [0.1, 0.15) is 5.82 Å². The Labute approximate surface area is 112 Å². The summed E-state index contributed by atoms with van der Waals surface area (Å²) in [5.74, 6) is -0.545. The van der Waals surface area contributed by atoms with Crippen molar-refractivity contribution in [2.75, 3.05) is 6.54 Å². The maximum absolute atomic E-state index is 11.9. The molecule has 1 heterocycles. The number of nitrogens with zero attached hydrogens (tertiary/aromatic N) is 2. The van der Waals surface area contributed by atoms with E-state index in [-0.39, 0.29) is 5.91 Å². The number of rotatable bonds is 5. The molecular formula is C13H19N3O3. The average molecular weight is 265 g/mol. The third-order valence-corrected chi connectivity index (χ3v) is 2.96. The van der Waals surface area contributed by atoms with E-state index in [1.165, 1.54) is 6.20 Å². The third kappa shape index (κ3) is 4.01. The predicted octanol–water partition coefficient (Wildman–Crippen LogP) is 1.32. The van der Waals surface area contributed by atoms with Crippen LogP contribution in [-0.2, 0) is 4.79 Å². The summed E-state index contributed by atoms with van der Waals surface area (Å²) in [4.78, 5) is 30.9. The number of carbonyl (C=O) groups is 2. The molecule has 0 aliphatic carbocycles. The number of amides is 1. The molecule has 0 saturated carbocycles. The van der Waals surface area contributed by atoms with Crippen molar-refractivity contribution in [1.82, 2.24) is 15.3 Å². The highest BCUT2D eigenvalue weighted by Crippen LogP contribution is 2.19. The molecule has 0 aliphatic rings. The second-order valence-electron chi connectivity index (χ2n) is 5.11. The Kier molecular flexibility index (Phi) is 4.58. The molecule has 0 spiro atoms. The molecule has 2 N–H and O–H groups in total. The van der Waals surface area contributed by atoms with Gasteiger partial charge in [-0.3, -0.25) is 9.59 Å². The Hall–Kier alpha value is -1.98. The summed E-state index contributed by atoms with van der Waals surface area (Å²) in [5.41, 5.74) is 0.174. The van der Waals surface area contributed by atoms with Gasteiger partial charge in [0.15, 0.2) is 0 Å². The number of carbonyl (C=O) groups excluding carboxylic acids is 1. The summed E-state index contributed by atoms with van der Waals surface area (Å²) >= 11 is 0. The summed E-state index contributed by atoms with van der Waals surface area (Å²) < 4.78 is 0. The van der Waals surface area contributed by atoms with Crippen molar-refractivity contribution < 1.29 is 14.7 Å². The summed E-state index contributed by atoms with van der Waals surface area (Å²) in [5, 5.41) is 11.7. The quantitative estimate of drug-likeness (QED) is 0.837. The molecule has 0 aliphatic heterocycles. The number of carboxylic acids is 1. The lowest BCUT2D eigenvalue weighted by atomic mass is 9.90. The number of hydrogen-bond acceptors (Lipinski definition) is 4. The Morgan fingerprint density at radius 1 is 1.37 bits per heavy atom. The SMILES string of the molecule is Cc1ncc(C(=O)NCCC(C)(C)C(=O)O)c(C)n1. The van der Waals surface area contributed by atoms with Gasteiger partial charge in [0, 0.05) is 12.7 Å². The van der Waals surface area contributed by atoms with Gasteiger partial charge in [-0.05, 0) is 34.1 Å². The van der Waals surface area contributed by atoms with Crippen LogP contribution < -0.4 is 5.32 Å². The standard InChI is InChI=1S/C13H19N3O3/c1-8-10(7-15-9(2)16-8)11(17)14-6-5-13(3,4)12(18)19/h7H,5-6H2,1-4H3,(H,14,17)(H,18,19). The lowest BCUT2D eigenvalue weighted by Gasteiger charge is -2.19. The van der Waals surface area contributed by atoms with Crippen LogP contribution in [0.2, 0.25) is 0 Å². The Morgan fingerprint density at radius 3 is 2.53 bits per heavy atom. The molecule has 0 saturated heterocycles. The minimum atomic E-state index is -0.878. The molecule has 0 bridgehead atoms. The molecule has 0 unspecified atom stereocenters. The monoisotopic (exact) mass is 265 g/mol. The van der Waals surface area contributed by atoms with Gasteiger partial charge >= 0.3 is 5.97 Å². The van der Waals surface area contributed by atoms with E-state index in [1.807, 2.05) is 0 Å². The van der Waals surface area contributed by atoms with Crippen molar-refractivity contribution in [2.24, 2.45) is 5.41 Å². The zero-order valence-corrected chi connectivity index (χ0v) is 11.6. The van der Waals surface area contributed by atoms with E-state index >= 15 is 0 Å². The smallest absolute Gasteiger partial charge is 0.309 e. The molecule has 19 heavy (non-hydrogen) atoms. The molecule has 1 rings (SSSR count). The van der Waals surface area contributed by atoms with Crippen molar-refractivity contribution in [3.8, 4) is 0 Å². The third-order valence-electron chi connectivity index (χ3n) is 2.96. The number of hydrogen-bond donors (Lipinski definition) is 2. The van der Waals surface area contributed by atoms with Crippen LogP contribution in [0.25, 0.3) is 0 Å². The van der Waals surface area contributed by atoms with Gasteiger partial charge in [0.2, 0.25) is 0 Å². The fourth-order valence-electron chi connectivity index (χ4n) is 1.50. The molecule has 1 aromatic rings. The van der Waals surface area contributed by atoms with E-state index in [4.69, 9.17) is 5.11 Å². The largest absolute Gasteiger partial charge is 0.481 e. The van der Waals surface area contributed by atoms with E-state index in [0.717, 1.165) is 0 Å². The minimum Gasteiger partial charge on any atom is -0.481 e. The van der Waals surface area contributed by atoms with Gasteiger partial charge in [0.05, 0.1) is 16.7 Å². The van der Waals surface area contributed by atoms with Gasteiger partial charge in [-0.25, -0.2) is 9.97 Å². The summed E-state index contributed by atoms with van der Waals surface area (Å²) in [6.07, 6.45) is 1.84. The molecule has 0 fully saturated rings. The zero-order chi connectivity index (χ0) is 14.6. The summed E-state index contributed by atoms with van der Waals surface area (Å²) in [6.45, 7) is 7.05. The van der Waals surface area contributed by atoms with Crippen LogP contribution in [0.4, 0.5) is 0 Å². The highest BCUT2D eigenvalue weighted by Gasteiger charge is 2.26. The summed E-state index contributed by atoms with van der Waals surface area (Å²) in [6, 6.07) is 0. The Balaban J connectivity index is 2.59. The lowest BCUT2D eigenvalue weighted by molar-refractivity contribution is -0.147. The van der Waals surface area contributed by atoms with Crippen LogP contribution in [-0.4, -0.2) is 33.5 Å². The molecule has 0 aromatic carbocycles. The molecular weight excluding hydrogens is 246 g/mol. The van der Waals surface area contributed by atoms with Gasteiger partial charge in [-0.1, -0.05) is 0 Å². The molecule has 6 nitrogen and oxygen atoms in total. The van der Waals surface area contributed by atoms with Crippen LogP contribution in [0.1, 0.15) is 42.1 Å². The zero-order valence-electron chi connectivity index (χ0n) is 11.6. The highest BCUT2D eigenvalue weighted by atomic mass is 16.4. The first kappa shape index (κ1) is 15.1. The Bertz CT molecular complexity index is 498. The number of nitrogens with one attached hydrogen (secondary N) is 1. The summed E-state index contributed by atoms with van der Waals surface area (Å²) in [7, 11) is 0. The first-order valence-corrected chi connectivity index (χ1v) is 6.06. The lowest BCUT2D eigenvalue weighted by Crippen LogP contribution is -2.32. The molecule has 104 valence electrons. The van der Waals surface area contributed by atoms with Crippen molar-refractivity contribution in [3.05, 3.63) is 23.3 Å². The van der Waals surface area contributed by atoms with Crippen molar-refractivity contribution in [1.29, 1.82) is 0 Å². The second-order valence-corrected chi connectivity index (χ2v) is 5.11. The van der Waals surface area contributed by atoms with Gasteiger partial charge < -0.3 is 10.4 Å². The fourth-order valence-corrected chi connectivity index (χ4v) is 1.50. The maximum atomic E-state index is 11.9. The topological polar surface area (TPSA) is 92.2 Å². The Morgan fingerprint density at radius 2 is 2.00 bits per heavy atom. The number of carboxylic acid groups (broad SMARTS) is 1. The van der Waals surface area contributed by atoms with Crippen molar-refractivity contribution >= 4 is 11.9 Å². The minimum absolute atomic E-state index is 0.279. The molecule has 1 aromatic heterocycles. The predicted molar refractivity (Wildman–Crippen MR) is 69.9 cm³/mol. The van der Waals surface area contributed by atoms with Crippen molar-refractivity contribution in [2.45, 2.75) is 34.1 Å². The maximum Gasteiger partial charge on any atom is 0.309 e. The fraction of sp³-hybridized carbons (Fsp3) is 0.538. The normalized spacial score (nSPS) is 11.2. The highest BCUT2D eigenvalue weighted by molar-refractivity contribution is 5.94. The van der Waals surface area contributed by atoms with Crippen LogP contribution in [0.5, 0.6) is 0 Å². The van der Waals surface area contributed by atoms with Gasteiger partial charge in [0.25, 0.3) is 5.91 Å². The first-order valence-electron chi connectivity index (χ1n) is 6.06. The van der Waals surface area contributed by atoms with Crippen LogP contribution in [0.15, 0.2) is 6.20 Å². The number of aliphatic carboxylic acids is 1. The van der Waals surface area contributed by atoms with Crippen LogP contribution in [0, 0.1) is 19.3 Å². The molecule has 6 heteroatoms. The molecule has 0 atom stereocenters. The number of aryl methyl sites for hydroxylation is 2. The second kappa shape index (κ2) is 5.77. The van der Waals surface area contributed by atoms with E-state index in [1.54, 1.807) is 27.7 Å². The van der Waals surface area contributed by atoms with Crippen molar-refractivity contribution in [3.63, 3.8) is 0 Å². The average Bonchev–Trinajstić information content (AvgIpc) is 2.28. The first-order chi connectivity index (χ1) is 8.74.